The second-order valence-corrected chi connectivity index (χ2v) is 4.08. The number of thiazole rings is 1. The Hall–Kier alpha value is -1.55. The van der Waals surface area contributed by atoms with Crippen molar-refractivity contribution in [2.24, 2.45) is 0 Å². The van der Waals surface area contributed by atoms with Gasteiger partial charge in [-0.25, -0.2) is 4.98 Å². The van der Waals surface area contributed by atoms with Gasteiger partial charge in [-0.3, -0.25) is 0 Å². The first-order chi connectivity index (χ1) is 7.16. The summed E-state index contributed by atoms with van der Waals surface area (Å²) in [4.78, 5) is 4.19. The van der Waals surface area contributed by atoms with E-state index in [1.54, 1.807) is 12.1 Å². The van der Waals surface area contributed by atoms with Gasteiger partial charge < -0.3 is 9.84 Å². The molecule has 0 aliphatic heterocycles. The maximum Gasteiger partial charge on any atom is 0.278 e. The van der Waals surface area contributed by atoms with Gasteiger partial charge in [-0.2, -0.15) is 0 Å². The van der Waals surface area contributed by atoms with E-state index in [4.69, 9.17) is 4.74 Å². The highest BCUT2D eigenvalue weighted by atomic mass is 32.1. The van der Waals surface area contributed by atoms with Gasteiger partial charge in [-0.05, 0) is 26.0 Å². The van der Waals surface area contributed by atoms with Crippen LogP contribution in [0.3, 0.4) is 0 Å². The zero-order valence-corrected chi connectivity index (χ0v) is 9.34. The Morgan fingerprint density at radius 3 is 2.80 bits per heavy atom. The summed E-state index contributed by atoms with van der Waals surface area (Å²) in [6.07, 6.45) is 0. The van der Waals surface area contributed by atoms with Crippen LogP contribution in [0.15, 0.2) is 23.6 Å². The summed E-state index contributed by atoms with van der Waals surface area (Å²) < 4.78 is 5.56. The first-order valence-corrected chi connectivity index (χ1v) is 5.43. The van der Waals surface area contributed by atoms with Crippen LogP contribution in [0, 0.1) is 13.8 Å². The SMILES string of the molecule is Cc1csc(Oc2cccc(O)c2C)n1. The van der Waals surface area contributed by atoms with Crippen LogP contribution in [0.2, 0.25) is 0 Å². The first kappa shape index (κ1) is 9.98. The molecule has 1 heterocycles. The minimum atomic E-state index is 0.237. The summed E-state index contributed by atoms with van der Waals surface area (Å²) in [7, 11) is 0. The number of aryl methyl sites for hydroxylation is 1. The van der Waals surface area contributed by atoms with E-state index < -0.39 is 0 Å². The molecule has 78 valence electrons. The molecular weight excluding hydrogens is 210 g/mol. The Morgan fingerprint density at radius 1 is 1.33 bits per heavy atom. The monoisotopic (exact) mass is 221 g/mol. The van der Waals surface area contributed by atoms with Crippen molar-refractivity contribution in [3.05, 3.63) is 34.8 Å². The van der Waals surface area contributed by atoms with Gasteiger partial charge in [0.25, 0.3) is 5.19 Å². The number of ether oxygens (including phenoxy) is 1. The molecule has 2 rings (SSSR count). The van der Waals surface area contributed by atoms with Crippen LogP contribution in [0.1, 0.15) is 11.3 Å². The number of aromatic hydroxyl groups is 1. The van der Waals surface area contributed by atoms with Crippen molar-refractivity contribution < 1.29 is 9.84 Å². The molecule has 0 unspecified atom stereocenters. The third-order valence-electron chi connectivity index (χ3n) is 2.05. The maximum atomic E-state index is 9.49. The van der Waals surface area contributed by atoms with Crippen LogP contribution in [0.5, 0.6) is 16.7 Å². The lowest BCUT2D eigenvalue weighted by molar-refractivity contribution is 0.446. The molecule has 0 atom stereocenters. The Morgan fingerprint density at radius 2 is 2.13 bits per heavy atom. The molecule has 1 N–H and O–H groups in total. The van der Waals surface area contributed by atoms with Gasteiger partial charge in [-0.1, -0.05) is 17.4 Å². The number of aromatic nitrogens is 1. The lowest BCUT2D eigenvalue weighted by atomic mass is 10.2. The van der Waals surface area contributed by atoms with Crippen LogP contribution in [-0.2, 0) is 0 Å². The molecule has 2 aromatic rings. The molecule has 0 fully saturated rings. The molecule has 1 aromatic heterocycles. The molecule has 0 aliphatic rings. The van der Waals surface area contributed by atoms with Gasteiger partial charge in [0.2, 0.25) is 0 Å². The first-order valence-electron chi connectivity index (χ1n) is 4.55. The fourth-order valence-electron chi connectivity index (χ4n) is 1.19. The standard InChI is InChI=1S/C11H11NO2S/c1-7-6-15-11(12-7)14-10-5-3-4-9(13)8(10)2/h3-6,13H,1-2H3. The largest absolute Gasteiger partial charge is 0.508 e. The predicted octanol–water partition coefficient (Wildman–Crippen LogP) is 3.26. The summed E-state index contributed by atoms with van der Waals surface area (Å²) >= 11 is 1.44. The van der Waals surface area contributed by atoms with Gasteiger partial charge in [0.05, 0.1) is 5.69 Å². The minimum absolute atomic E-state index is 0.237. The third kappa shape index (κ3) is 2.10. The normalized spacial score (nSPS) is 10.3. The molecule has 15 heavy (non-hydrogen) atoms. The average molecular weight is 221 g/mol. The Balaban J connectivity index is 2.28. The minimum Gasteiger partial charge on any atom is -0.508 e. The van der Waals surface area contributed by atoms with Crippen LogP contribution < -0.4 is 4.74 Å². The fourth-order valence-corrected chi connectivity index (χ4v) is 1.85. The Kier molecular flexibility index (Phi) is 2.60. The summed E-state index contributed by atoms with van der Waals surface area (Å²) in [6.45, 7) is 3.73. The molecule has 0 spiro atoms. The second-order valence-electron chi connectivity index (χ2n) is 3.26. The lowest BCUT2D eigenvalue weighted by Gasteiger charge is -2.06. The number of hydrogen-bond donors (Lipinski definition) is 1. The summed E-state index contributed by atoms with van der Waals surface area (Å²) in [5.41, 5.74) is 1.66. The van der Waals surface area contributed by atoms with Crippen molar-refractivity contribution in [3.63, 3.8) is 0 Å². The van der Waals surface area contributed by atoms with Crippen molar-refractivity contribution in [2.45, 2.75) is 13.8 Å². The number of benzene rings is 1. The van der Waals surface area contributed by atoms with E-state index in [1.165, 1.54) is 11.3 Å². The van der Waals surface area contributed by atoms with Crippen molar-refractivity contribution in [2.75, 3.05) is 0 Å². The third-order valence-corrected chi connectivity index (χ3v) is 2.89. The highest BCUT2D eigenvalue weighted by Crippen LogP contribution is 2.31. The van der Waals surface area contributed by atoms with Crippen LogP contribution in [0.4, 0.5) is 0 Å². The maximum absolute atomic E-state index is 9.49. The molecule has 0 bridgehead atoms. The van der Waals surface area contributed by atoms with Gasteiger partial charge in [-0.15, -0.1) is 0 Å². The predicted molar refractivity (Wildman–Crippen MR) is 59.8 cm³/mol. The molecule has 0 radical (unpaired) electrons. The zero-order valence-electron chi connectivity index (χ0n) is 8.52. The molecule has 0 aliphatic carbocycles. The molecular formula is C11H11NO2S. The van der Waals surface area contributed by atoms with E-state index in [0.29, 0.717) is 10.9 Å². The molecule has 1 aromatic carbocycles. The highest BCUT2D eigenvalue weighted by molar-refractivity contribution is 7.11. The van der Waals surface area contributed by atoms with E-state index in [2.05, 4.69) is 4.98 Å². The number of hydrogen-bond acceptors (Lipinski definition) is 4. The van der Waals surface area contributed by atoms with Crippen molar-refractivity contribution in [3.8, 4) is 16.7 Å². The van der Waals surface area contributed by atoms with E-state index in [0.717, 1.165) is 11.3 Å². The van der Waals surface area contributed by atoms with E-state index in [1.807, 2.05) is 25.3 Å². The van der Waals surface area contributed by atoms with E-state index in [9.17, 15) is 5.11 Å². The number of rotatable bonds is 2. The van der Waals surface area contributed by atoms with Crippen LogP contribution in [0.25, 0.3) is 0 Å². The fraction of sp³-hybridized carbons (Fsp3) is 0.182. The second kappa shape index (κ2) is 3.90. The van der Waals surface area contributed by atoms with Crippen molar-refractivity contribution in [1.29, 1.82) is 0 Å². The van der Waals surface area contributed by atoms with Gasteiger partial charge >= 0.3 is 0 Å². The molecule has 0 saturated carbocycles. The topological polar surface area (TPSA) is 42.4 Å². The average Bonchev–Trinajstić information content (AvgIpc) is 2.59. The van der Waals surface area contributed by atoms with Gasteiger partial charge in [0.1, 0.15) is 11.5 Å². The van der Waals surface area contributed by atoms with E-state index in [-0.39, 0.29) is 5.75 Å². The van der Waals surface area contributed by atoms with Crippen LogP contribution >= 0.6 is 11.3 Å². The molecule has 0 amide bonds. The molecule has 3 nitrogen and oxygen atoms in total. The van der Waals surface area contributed by atoms with Crippen molar-refractivity contribution >= 4 is 11.3 Å². The van der Waals surface area contributed by atoms with Gasteiger partial charge in [0.15, 0.2) is 0 Å². The summed E-state index contributed by atoms with van der Waals surface area (Å²) in [5, 5.41) is 12.0. The van der Waals surface area contributed by atoms with E-state index >= 15 is 0 Å². The quantitative estimate of drug-likeness (QED) is 0.846. The Labute approximate surface area is 92.0 Å². The highest BCUT2D eigenvalue weighted by Gasteiger charge is 2.06. The number of phenols is 1. The molecule has 4 heteroatoms. The number of phenolic OH excluding ortho intramolecular Hbond substituents is 1. The van der Waals surface area contributed by atoms with Gasteiger partial charge in [0, 0.05) is 10.9 Å². The Bertz CT molecular complexity index is 479. The summed E-state index contributed by atoms with van der Waals surface area (Å²) in [6, 6.07) is 5.19. The van der Waals surface area contributed by atoms with Crippen molar-refractivity contribution in [1.82, 2.24) is 4.98 Å². The molecule has 0 saturated heterocycles. The lowest BCUT2D eigenvalue weighted by Crippen LogP contribution is -1.87. The summed E-state index contributed by atoms with van der Waals surface area (Å²) in [5.74, 6) is 0.880. The number of nitrogens with zero attached hydrogens (tertiary/aromatic N) is 1. The van der Waals surface area contributed by atoms with Crippen LogP contribution in [-0.4, -0.2) is 10.1 Å². The zero-order chi connectivity index (χ0) is 10.8. The smallest absolute Gasteiger partial charge is 0.278 e.